The Morgan fingerprint density at radius 2 is 2.07 bits per heavy atom. The van der Waals surface area contributed by atoms with Gasteiger partial charge in [-0.05, 0) is 48.8 Å². The Hall–Kier alpha value is -2.58. The van der Waals surface area contributed by atoms with E-state index in [1.165, 1.54) is 18.2 Å². The maximum Gasteiger partial charge on any atom is 0.257 e. The second kappa shape index (κ2) is 9.57. The molecule has 146 valence electrons. The van der Waals surface area contributed by atoms with Crippen LogP contribution in [0.3, 0.4) is 0 Å². The summed E-state index contributed by atoms with van der Waals surface area (Å²) in [6.07, 6.45) is 4.49. The number of nitrogens with one attached hydrogen (secondary N) is 1. The number of hydrogen-bond acceptors (Lipinski definition) is 7. The number of thioether (sulfide) groups is 1. The zero-order chi connectivity index (χ0) is 19.9. The molecular weight excluding hydrogens is 401 g/mol. The van der Waals surface area contributed by atoms with Gasteiger partial charge in [0.25, 0.3) is 5.88 Å². The Morgan fingerprint density at radius 3 is 2.86 bits per heavy atom. The number of halogens is 2. The molecule has 2 heterocycles. The summed E-state index contributed by atoms with van der Waals surface area (Å²) in [6, 6.07) is 9.39. The van der Waals surface area contributed by atoms with Gasteiger partial charge in [-0.3, -0.25) is 0 Å². The first kappa shape index (κ1) is 20.2. The zero-order valence-corrected chi connectivity index (χ0v) is 16.7. The van der Waals surface area contributed by atoms with Crippen molar-refractivity contribution in [1.29, 1.82) is 0 Å². The molecule has 0 amide bonds. The maximum atomic E-state index is 14.2. The molecule has 1 aromatic carbocycles. The lowest BCUT2D eigenvalue weighted by molar-refractivity contribution is 0.305. The highest BCUT2D eigenvalue weighted by Crippen LogP contribution is 2.31. The van der Waals surface area contributed by atoms with Crippen LogP contribution in [0.2, 0.25) is 5.02 Å². The van der Waals surface area contributed by atoms with Crippen LogP contribution >= 0.6 is 23.4 Å². The van der Waals surface area contributed by atoms with Gasteiger partial charge >= 0.3 is 0 Å². The predicted octanol–water partition coefficient (Wildman–Crippen LogP) is 4.79. The molecule has 0 saturated heterocycles. The van der Waals surface area contributed by atoms with Crippen molar-refractivity contribution < 1.29 is 9.13 Å². The lowest BCUT2D eigenvalue weighted by atomic mass is 10.1. The lowest BCUT2D eigenvalue weighted by Gasteiger charge is -2.13. The summed E-state index contributed by atoms with van der Waals surface area (Å²) in [5.74, 6) is 1.23. The van der Waals surface area contributed by atoms with E-state index in [4.69, 9.17) is 22.1 Å². The highest BCUT2D eigenvalue weighted by Gasteiger charge is 2.14. The fraction of sp³-hybridized carbons (Fsp3) is 0.211. The Kier molecular flexibility index (Phi) is 6.89. The van der Waals surface area contributed by atoms with Crippen molar-refractivity contribution in [3.8, 4) is 17.1 Å². The summed E-state index contributed by atoms with van der Waals surface area (Å²) in [7, 11) is 0. The van der Waals surface area contributed by atoms with Gasteiger partial charge in [-0.2, -0.15) is 11.8 Å². The van der Waals surface area contributed by atoms with Gasteiger partial charge < -0.3 is 15.8 Å². The Morgan fingerprint density at radius 1 is 1.21 bits per heavy atom. The standard InChI is InChI=1S/C19H19ClFN5OS/c1-28-8-2-7-27-19-17(24-13-5-6-23-18(22)10-13)11-16(25-26-19)14-9-12(20)3-4-15(14)21/h3-6,9-11H,2,7-8H2,1H3,(H3,22,23,24,25). The van der Waals surface area contributed by atoms with Crippen LogP contribution in [0.4, 0.5) is 21.6 Å². The molecule has 0 unspecified atom stereocenters. The third kappa shape index (κ3) is 5.24. The Balaban J connectivity index is 1.94. The molecule has 0 aliphatic rings. The lowest BCUT2D eigenvalue weighted by Crippen LogP contribution is -2.06. The number of nitrogens with zero attached hydrogens (tertiary/aromatic N) is 3. The van der Waals surface area contributed by atoms with Crippen molar-refractivity contribution in [2.24, 2.45) is 0 Å². The second-order valence-electron chi connectivity index (χ2n) is 5.86. The van der Waals surface area contributed by atoms with Crippen LogP contribution in [0.5, 0.6) is 5.88 Å². The van der Waals surface area contributed by atoms with Crippen LogP contribution in [-0.2, 0) is 0 Å². The molecule has 0 bridgehead atoms. The summed E-state index contributed by atoms with van der Waals surface area (Å²) in [6.45, 7) is 0.494. The molecule has 0 radical (unpaired) electrons. The normalized spacial score (nSPS) is 10.7. The van der Waals surface area contributed by atoms with Gasteiger partial charge in [0, 0.05) is 28.5 Å². The number of hydrogen-bond donors (Lipinski definition) is 2. The van der Waals surface area contributed by atoms with Crippen LogP contribution in [0.15, 0.2) is 42.6 Å². The minimum Gasteiger partial charge on any atom is -0.475 e. The number of ether oxygens (including phenoxy) is 1. The average molecular weight is 420 g/mol. The van der Waals surface area contributed by atoms with Gasteiger partial charge in [0.1, 0.15) is 17.3 Å². The fourth-order valence-corrected chi connectivity index (χ4v) is 3.03. The molecule has 3 aromatic rings. The van der Waals surface area contributed by atoms with Crippen LogP contribution < -0.4 is 15.8 Å². The molecule has 3 rings (SSSR count). The van der Waals surface area contributed by atoms with Crippen LogP contribution in [-0.4, -0.2) is 33.8 Å². The van der Waals surface area contributed by atoms with E-state index in [0.717, 1.165) is 12.2 Å². The smallest absolute Gasteiger partial charge is 0.257 e. The molecule has 3 N–H and O–H groups in total. The van der Waals surface area contributed by atoms with Crippen molar-refractivity contribution in [2.75, 3.05) is 29.7 Å². The molecule has 0 aliphatic carbocycles. The van der Waals surface area contributed by atoms with E-state index in [1.54, 1.807) is 36.2 Å². The first-order valence-electron chi connectivity index (χ1n) is 8.50. The van der Waals surface area contributed by atoms with Gasteiger partial charge in [0.2, 0.25) is 0 Å². The van der Waals surface area contributed by atoms with Crippen molar-refractivity contribution >= 4 is 40.6 Å². The van der Waals surface area contributed by atoms with E-state index in [1.807, 2.05) is 6.26 Å². The first-order chi connectivity index (χ1) is 13.6. The van der Waals surface area contributed by atoms with Crippen molar-refractivity contribution in [2.45, 2.75) is 6.42 Å². The van der Waals surface area contributed by atoms with Crippen molar-refractivity contribution in [1.82, 2.24) is 15.2 Å². The quantitative estimate of drug-likeness (QED) is 0.507. The molecule has 0 aliphatic heterocycles. The molecule has 6 nitrogen and oxygen atoms in total. The highest BCUT2D eigenvalue weighted by atomic mass is 35.5. The monoisotopic (exact) mass is 419 g/mol. The minimum absolute atomic E-state index is 0.256. The molecule has 0 saturated carbocycles. The summed E-state index contributed by atoms with van der Waals surface area (Å²) in [4.78, 5) is 3.97. The first-order valence-corrected chi connectivity index (χ1v) is 10.3. The molecule has 2 aromatic heterocycles. The highest BCUT2D eigenvalue weighted by molar-refractivity contribution is 7.98. The summed E-state index contributed by atoms with van der Waals surface area (Å²) in [5.41, 5.74) is 7.58. The summed E-state index contributed by atoms with van der Waals surface area (Å²) in [5, 5.41) is 11.9. The van der Waals surface area contributed by atoms with Crippen LogP contribution in [0.25, 0.3) is 11.3 Å². The maximum absolute atomic E-state index is 14.2. The van der Waals surface area contributed by atoms with E-state index >= 15 is 0 Å². The van der Waals surface area contributed by atoms with E-state index < -0.39 is 5.82 Å². The van der Waals surface area contributed by atoms with E-state index in [-0.39, 0.29) is 5.56 Å². The molecule has 9 heteroatoms. The minimum atomic E-state index is -0.438. The third-order valence-corrected chi connectivity index (χ3v) is 4.69. The second-order valence-corrected chi connectivity index (χ2v) is 7.28. The molecule has 28 heavy (non-hydrogen) atoms. The van der Waals surface area contributed by atoms with Gasteiger partial charge in [-0.15, -0.1) is 10.2 Å². The average Bonchev–Trinajstić information content (AvgIpc) is 2.68. The Labute approximate surface area is 171 Å². The Bertz CT molecular complexity index is 959. The van der Waals surface area contributed by atoms with Crippen LogP contribution in [0.1, 0.15) is 6.42 Å². The van der Waals surface area contributed by atoms with Gasteiger partial charge in [0.05, 0.1) is 12.3 Å². The van der Waals surface area contributed by atoms with E-state index in [0.29, 0.717) is 40.4 Å². The summed E-state index contributed by atoms with van der Waals surface area (Å²) < 4.78 is 20.0. The van der Waals surface area contributed by atoms with Gasteiger partial charge in [-0.1, -0.05) is 11.6 Å². The number of rotatable bonds is 8. The third-order valence-electron chi connectivity index (χ3n) is 3.76. The summed E-state index contributed by atoms with van der Waals surface area (Å²) >= 11 is 7.75. The number of nitrogen functional groups attached to an aromatic ring is 1. The topological polar surface area (TPSA) is 86.0 Å². The number of aromatic nitrogens is 3. The van der Waals surface area contributed by atoms with Crippen molar-refractivity contribution in [3.05, 3.63) is 53.4 Å². The molecule has 0 fully saturated rings. The predicted molar refractivity (Wildman–Crippen MR) is 113 cm³/mol. The number of nitrogens with two attached hydrogens (primary N) is 1. The van der Waals surface area contributed by atoms with Gasteiger partial charge in [0.15, 0.2) is 0 Å². The van der Waals surface area contributed by atoms with E-state index in [2.05, 4.69) is 20.5 Å². The molecular formula is C19H19ClFN5OS. The van der Waals surface area contributed by atoms with Gasteiger partial charge in [-0.25, -0.2) is 9.37 Å². The molecule has 0 spiro atoms. The SMILES string of the molecule is CSCCCOc1nnc(-c2cc(Cl)ccc2F)cc1Nc1ccnc(N)c1. The van der Waals surface area contributed by atoms with E-state index in [9.17, 15) is 4.39 Å². The van der Waals surface area contributed by atoms with Crippen molar-refractivity contribution in [3.63, 3.8) is 0 Å². The molecule has 0 atom stereocenters. The largest absolute Gasteiger partial charge is 0.475 e. The zero-order valence-electron chi connectivity index (χ0n) is 15.2. The van der Waals surface area contributed by atoms with Crippen LogP contribution in [0, 0.1) is 5.82 Å². The fourth-order valence-electron chi connectivity index (χ4n) is 2.46. The number of pyridine rings is 1. The number of anilines is 3. The number of benzene rings is 1.